The second kappa shape index (κ2) is 6.06. The molecule has 1 amide bonds. The highest BCUT2D eigenvalue weighted by molar-refractivity contribution is 6.31. The van der Waals surface area contributed by atoms with Crippen LogP contribution >= 0.6 is 23.2 Å². The maximum atomic E-state index is 13.3. The van der Waals surface area contributed by atoms with Crippen LogP contribution in [0.15, 0.2) is 18.2 Å². The highest BCUT2D eigenvalue weighted by Crippen LogP contribution is 2.19. The van der Waals surface area contributed by atoms with Crippen molar-refractivity contribution in [3.63, 3.8) is 0 Å². The molecule has 88 valence electrons. The van der Waals surface area contributed by atoms with Crippen molar-refractivity contribution in [2.24, 2.45) is 0 Å². The molecule has 0 saturated heterocycles. The summed E-state index contributed by atoms with van der Waals surface area (Å²) in [7, 11) is 0. The van der Waals surface area contributed by atoms with Gasteiger partial charge in [0.15, 0.2) is 0 Å². The lowest BCUT2D eigenvalue weighted by Gasteiger charge is -2.08. The van der Waals surface area contributed by atoms with Gasteiger partial charge in [0.05, 0.1) is 6.42 Å². The van der Waals surface area contributed by atoms with E-state index in [-0.39, 0.29) is 28.3 Å². The molecule has 0 spiro atoms. The van der Waals surface area contributed by atoms with Crippen LogP contribution in [0, 0.1) is 5.82 Å². The monoisotopic (exact) mass is 263 g/mol. The van der Waals surface area contributed by atoms with Crippen LogP contribution in [0.1, 0.15) is 12.5 Å². The molecule has 1 unspecified atom stereocenters. The summed E-state index contributed by atoms with van der Waals surface area (Å²) >= 11 is 11.5. The van der Waals surface area contributed by atoms with E-state index in [1.807, 2.05) is 0 Å². The van der Waals surface area contributed by atoms with E-state index in [4.69, 9.17) is 23.2 Å². The Morgan fingerprint density at radius 2 is 2.25 bits per heavy atom. The number of rotatable bonds is 4. The second-order valence-electron chi connectivity index (χ2n) is 3.46. The smallest absolute Gasteiger partial charge is 0.224 e. The lowest BCUT2D eigenvalue weighted by atomic mass is 10.1. The van der Waals surface area contributed by atoms with Crippen molar-refractivity contribution >= 4 is 29.1 Å². The van der Waals surface area contributed by atoms with E-state index in [1.165, 1.54) is 12.1 Å². The number of amides is 1. The number of halogens is 3. The maximum absolute atomic E-state index is 13.3. The molecule has 0 bridgehead atoms. The maximum Gasteiger partial charge on any atom is 0.224 e. The van der Waals surface area contributed by atoms with Gasteiger partial charge < -0.3 is 5.32 Å². The molecule has 0 fully saturated rings. The zero-order valence-corrected chi connectivity index (χ0v) is 10.3. The number of hydrogen-bond acceptors (Lipinski definition) is 1. The first-order valence-electron chi connectivity index (χ1n) is 4.84. The number of carbonyl (C=O) groups excluding carboxylic acids is 1. The molecule has 16 heavy (non-hydrogen) atoms. The topological polar surface area (TPSA) is 29.1 Å². The van der Waals surface area contributed by atoms with Gasteiger partial charge in [-0.3, -0.25) is 4.79 Å². The Morgan fingerprint density at radius 3 is 2.81 bits per heavy atom. The average Bonchev–Trinajstić information content (AvgIpc) is 2.21. The molecular formula is C11H12Cl2FNO. The minimum Gasteiger partial charge on any atom is -0.354 e. The van der Waals surface area contributed by atoms with Crippen LogP contribution in [0.2, 0.25) is 5.02 Å². The molecule has 1 N–H and O–H groups in total. The average molecular weight is 264 g/mol. The third-order valence-corrected chi connectivity index (χ3v) is 2.49. The number of benzene rings is 1. The summed E-state index contributed by atoms with van der Waals surface area (Å²) in [6, 6.07) is 4.33. The van der Waals surface area contributed by atoms with Crippen LogP contribution in [0.25, 0.3) is 0 Å². The first kappa shape index (κ1) is 13.3. The first-order valence-corrected chi connectivity index (χ1v) is 5.65. The molecule has 0 aromatic heterocycles. The van der Waals surface area contributed by atoms with E-state index in [0.717, 1.165) is 0 Å². The first-order chi connectivity index (χ1) is 7.50. The molecule has 0 aliphatic heterocycles. The number of nitrogens with one attached hydrogen (secondary N) is 1. The SMILES string of the molecule is CC(Cl)CNC(=O)Cc1c(F)cccc1Cl. The van der Waals surface area contributed by atoms with Crippen LogP contribution in [-0.2, 0) is 11.2 Å². The van der Waals surface area contributed by atoms with Crippen LogP contribution < -0.4 is 5.32 Å². The summed E-state index contributed by atoms with van der Waals surface area (Å²) in [5.74, 6) is -0.763. The summed E-state index contributed by atoms with van der Waals surface area (Å²) < 4.78 is 13.3. The van der Waals surface area contributed by atoms with Gasteiger partial charge in [0.1, 0.15) is 5.82 Å². The Kier molecular flexibility index (Phi) is 5.03. The third kappa shape index (κ3) is 3.99. The van der Waals surface area contributed by atoms with Crippen molar-refractivity contribution in [1.29, 1.82) is 0 Å². The van der Waals surface area contributed by atoms with Gasteiger partial charge in [0.2, 0.25) is 5.91 Å². The van der Waals surface area contributed by atoms with Crippen molar-refractivity contribution in [3.8, 4) is 0 Å². The van der Waals surface area contributed by atoms with Crippen molar-refractivity contribution in [2.45, 2.75) is 18.7 Å². The van der Waals surface area contributed by atoms with Crippen molar-refractivity contribution in [1.82, 2.24) is 5.32 Å². The molecule has 1 atom stereocenters. The van der Waals surface area contributed by atoms with Gasteiger partial charge in [-0.15, -0.1) is 11.6 Å². The predicted molar refractivity (Wildman–Crippen MR) is 63.4 cm³/mol. The van der Waals surface area contributed by atoms with Gasteiger partial charge in [0.25, 0.3) is 0 Å². The highest BCUT2D eigenvalue weighted by atomic mass is 35.5. The van der Waals surface area contributed by atoms with E-state index in [2.05, 4.69) is 5.32 Å². The quantitative estimate of drug-likeness (QED) is 0.832. The molecule has 1 aromatic rings. The molecule has 1 aromatic carbocycles. The van der Waals surface area contributed by atoms with Gasteiger partial charge in [0, 0.05) is 22.5 Å². The van der Waals surface area contributed by atoms with Crippen LogP contribution in [0.5, 0.6) is 0 Å². The standard InChI is InChI=1S/C11H12Cl2FNO/c1-7(12)6-15-11(16)5-8-9(13)3-2-4-10(8)14/h2-4,7H,5-6H2,1H3,(H,15,16). The lowest BCUT2D eigenvalue weighted by molar-refractivity contribution is -0.120. The van der Waals surface area contributed by atoms with Gasteiger partial charge in [-0.05, 0) is 19.1 Å². The molecule has 2 nitrogen and oxygen atoms in total. The van der Waals surface area contributed by atoms with Gasteiger partial charge in [-0.2, -0.15) is 0 Å². The van der Waals surface area contributed by atoms with E-state index in [0.29, 0.717) is 6.54 Å². The molecule has 1 rings (SSSR count). The summed E-state index contributed by atoms with van der Waals surface area (Å²) in [6.07, 6.45) is -0.0743. The van der Waals surface area contributed by atoms with E-state index >= 15 is 0 Å². The van der Waals surface area contributed by atoms with Crippen LogP contribution in [0.4, 0.5) is 4.39 Å². The Hall–Kier alpha value is -0.800. The van der Waals surface area contributed by atoms with Gasteiger partial charge in [-0.25, -0.2) is 4.39 Å². The van der Waals surface area contributed by atoms with E-state index in [9.17, 15) is 9.18 Å². The van der Waals surface area contributed by atoms with Crippen LogP contribution in [0.3, 0.4) is 0 Å². The fourth-order valence-corrected chi connectivity index (χ4v) is 1.49. The van der Waals surface area contributed by atoms with Crippen molar-refractivity contribution in [3.05, 3.63) is 34.6 Å². The summed E-state index contributed by atoms with van der Waals surface area (Å²) in [4.78, 5) is 11.4. The molecule has 0 radical (unpaired) electrons. The zero-order chi connectivity index (χ0) is 12.1. The molecule has 0 aliphatic carbocycles. The zero-order valence-electron chi connectivity index (χ0n) is 8.77. The van der Waals surface area contributed by atoms with Crippen LogP contribution in [-0.4, -0.2) is 17.8 Å². The third-order valence-electron chi connectivity index (χ3n) is 1.98. The van der Waals surface area contributed by atoms with Crippen molar-refractivity contribution < 1.29 is 9.18 Å². The fourth-order valence-electron chi connectivity index (χ4n) is 1.18. The summed E-state index contributed by atoms with van der Waals surface area (Å²) in [5.41, 5.74) is 0.212. The normalized spacial score (nSPS) is 12.2. The lowest BCUT2D eigenvalue weighted by Crippen LogP contribution is -2.30. The Balaban J connectivity index is 2.63. The predicted octanol–water partition coefficient (Wildman–Crippen LogP) is 2.77. The highest BCUT2D eigenvalue weighted by Gasteiger charge is 2.11. The molecular weight excluding hydrogens is 252 g/mol. The van der Waals surface area contributed by atoms with E-state index in [1.54, 1.807) is 13.0 Å². The molecule has 0 saturated carbocycles. The summed E-state index contributed by atoms with van der Waals surface area (Å²) in [6.45, 7) is 2.12. The Morgan fingerprint density at radius 1 is 1.56 bits per heavy atom. The van der Waals surface area contributed by atoms with Gasteiger partial charge >= 0.3 is 0 Å². The Labute approximate surface area is 104 Å². The van der Waals surface area contributed by atoms with Gasteiger partial charge in [-0.1, -0.05) is 17.7 Å². The molecule has 0 heterocycles. The second-order valence-corrected chi connectivity index (χ2v) is 4.61. The fraction of sp³-hybridized carbons (Fsp3) is 0.364. The number of hydrogen-bond donors (Lipinski definition) is 1. The largest absolute Gasteiger partial charge is 0.354 e. The number of alkyl halides is 1. The minimum absolute atomic E-state index is 0.0743. The van der Waals surface area contributed by atoms with Crippen molar-refractivity contribution in [2.75, 3.05) is 6.54 Å². The molecule has 5 heteroatoms. The molecule has 0 aliphatic rings. The Bertz CT molecular complexity index is 362. The number of carbonyl (C=O) groups is 1. The van der Waals surface area contributed by atoms with E-state index < -0.39 is 5.82 Å². The minimum atomic E-state index is -0.471. The summed E-state index contributed by atoms with van der Waals surface area (Å²) in [5, 5.41) is 2.69.